The summed E-state index contributed by atoms with van der Waals surface area (Å²) in [5, 5.41) is 12.1. The number of alkyl halides is 2. The van der Waals surface area contributed by atoms with E-state index in [4.69, 9.17) is 5.41 Å². The van der Waals surface area contributed by atoms with Gasteiger partial charge < -0.3 is 16.0 Å². The van der Waals surface area contributed by atoms with Crippen LogP contribution in [-0.2, 0) is 16.6 Å². The van der Waals surface area contributed by atoms with Gasteiger partial charge in [0, 0.05) is 54.2 Å². The third-order valence-electron chi connectivity index (χ3n) is 4.50. The number of rotatable bonds is 9. The third kappa shape index (κ3) is 4.89. The second-order valence-electron chi connectivity index (χ2n) is 6.67. The number of halogens is 3. The first-order chi connectivity index (χ1) is 15.3. The topological polar surface area (TPSA) is 99.9 Å². The van der Waals surface area contributed by atoms with Gasteiger partial charge in [-0.1, -0.05) is 12.1 Å². The Hall–Kier alpha value is -3.44. The fraction of sp³-hybridized carbons (Fsp3) is 0.143. The molecule has 0 saturated carbocycles. The van der Waals surface area contributed by atoms with Gasteiger partial charge >= 0.3 is 6.55 Å². The number of allylic oxidation sites excluding steroid dienone is 1. The predicted octanol–water partition coefficient (Wildman–Crippen LogP) is 3.45. The Balaban J connectivity index is 2.14. The average molecular weight is 463 g/mol. The average Bonchev–Trinajstić information content (AvgIpc) is 3.19. The third-order valence-corrected chi connectivity index (χ3v) is 6.14. The lowest BCUT2D eigenvalue weighted by Crippen LogP contribution is -2.15. The lowest BCUT2D eigenvalue weighted by molar-refractivity contribution is 0.125. The van der Waals surface area contributed by atoms with E-state index in [2.05, 4.69) is 10.3 Å². The van der Waals surface area contributed by atoms with E-state index in [1.165, 1.54) is 36.7 Å². The van der Waals surface area contributed by atoms with E-state index in [1.807, 2.05) is 0 Å². The van der Waals surface area contributed by atoms with Crippen molar-refractivity contribution in [2.75, 3.05) is 7.05 Å². The van der Waals surface area contributed by atoms with E-state index >= 15 is 0 Å². The highest BCUT2D eigenvalue weighted by Gasteiger charge is 2.24. The molecule has 1 aromatic carbocycles. The minimum Gasteiger partial charge on any atom is -0.336 e. The molecule has 0 aliphatic rings. The maximum Gasteiger partial charge on any atom is 0.312 e. The van der Waals surface area contributed by atoms with E-state index in [0.717, 1.165) is 22.6 Å². The van der Waals surface area contributed by atoms with Gasteiger partial charge in [0.05, 0.1) is 5.69 Å². The van der Waals surface area contributed by atoms with E-state index in [0.29, 0.717) is 12.1 Å². The molecular weight excluding hydrogens is 443 g/mol. The van der Waals surface area contributed by atoms with Gasteiger partial charge in [-0.15, -0.1) is 0 Å². The van der Waals surface area contributed by atoms with E-state index in [1.54, 1.807) is 24.5 Å². The molecule has 0 aliphatic carbocycles. The highest BCUT2D eigenvalue weighted by molar-refractivity contribution is 7.90. The molecule has 11 heteroatoms. The number of nitrogens with one attached hydrogen (secondary N) is 3. The van der Waals surface area contributed by atoms with Crippen LogP contribution in [0.2, 0.25) is 0 Å². The number of aromatic nitrogens is 2. The van der Waals surface area contributed by atoms with Crippen LogP contribution in [0.15, 0.2) is 66.1 Å². The summed E-state index contributed by atoms with van der Waals surface area (Å²) in [5.41, 5.74) is 0.987. The van der Waals surface area contributed by atoms with Crippen LogP contribution in [0.1, 0.15) is 11.1 Å². The van der Waals surface area contributed by atoms with Crippen molar-refractivity contribution in [2.24, 2.45) is 0 Å². The molecule has 7 nitrogen and oxygen atoms in total. The van der Waals surface area contributed by atoms with Crippen LogP contribution in [0, 0.1) is 11.2 Å². The summed E-state index contributed by atoms with van der Waals surface area (Å²) < 4.78 is 67.3. The highest BCUT2D eigenvalue weighted by Crippen LogP contribution is 2.29. The van der Waals surface area contributed by atoms with Crippen LogP contribution in [0.4, 0.5) is 13.2 Å². The number of pyridine rings is 1. The number of hydrogen-bond donors (Lipinski definition) is 3. The van der Waals surface area contributed by atoms with Crippen LogP contribution in [0.5, 0.6) is 0 Å². The first kappa shape index (κ1) is 23.2. The molecule has 3 N–H and O–H groups in total. The molecule has 0 radical (unpaired) electrons. The smallest absolute Gasteiger partial charge is 0.312 e. The molecular formula is C21H20F3N5O2S. The Morgan fingerprint density at radius 3 is 2.66 bits per heavy atom. The zero-order valence-electron chi connectivity index (χ0n) is 16.9. The Labute approximate surface area is 183 Å². The quantitative estimate of drug-likeness (QED) is 0.333. The lowest BCUT2D eigenvalue weighted by atomic mass is 10.1. The fourth-order valence-electron chi connectivity index (χ4n) is 3.05. The summed E-state index contributed by atoms with van der Waals surface area (Å²) >= 11 is 0. The molecule has 0 spiro atoms. The van der Waals surface area contributed by atoms with Crippen molar-refractivity contribution in [3.63, 3.8) is 0 Å². The predicted molar refractivity (Wildman–Crippen MR) is 115 cm³/mol. The molecule has 0 bridgehead atoms. The number of hydrogen-bond acceptors (Lipinski definition) is 6. The molecule has 0 fully saturated rings. The molecule has 0 amide bonds. The first-order valence-electron chi connectivity index (χ1n) is 9.34. The zero-order chi connectivity index (χ0) is 23.3. The molecule has 0 unspecified atom stereocenters. The van der Waals surface area contributed by atoms with Crippen molar-refractivity contribution in [1.29, 1.82) is 5.41 Å². The number of nitrogens with zero attached hydrogens (tertiary/aromatic N) is 2. The molecule has 0 aliphatic heterocycles. The standard InChI is InChI=1S/C21H20F3N5O2S/c1-26-9-14-6-20(18-4-2-3-5-19(18)22)29(13-14)32(30,31)17-7-15(10-27-12-17)16(8-25)11-28-21(23)24/h2-8,10-13,21,25-26,28H,9H2,1H3/b16-11+,25-8?. The lowest BCUT2D eigenvalue weighted by Gasteiger charge is -2.12. The van der Waals surface area contributed by atoms with Crippen molar-refractivity contribution in [3.8, 4) is 11.3 Å². The van der Waals surface area contributed by atoms with E-state index in [-0.39, 0.29) is 27.3 Å². The van der Waals surface area contributed by atoms with Gasteiger partial charge in [0.25, 0.3) is 10.0 Å². The van der Waals surface area contributed by atoms with Gasteiger partial charge in [0.15, 0.2) is 0 Å². The van der Waals surface area contributed by atoms with Crippen LogP contribution < -0.4 is 10.6 Å². The second kappa shape index (κ2) is 9.79. The van der Waals surface area contributed by atoms with E-state index in [9.17, 15) is 21.6 Å². The summed E-state index contributed by atoms with van der Waals surface area (Å²) in [6.07, 6.45) is 5.43. The van der Waals surface area contributed by atoms with Crippen molar-refractivity contribution in [3.05, 3.63) is 78.1 Å². The Morgan fingerprint density at radius 1 is 1.25 bits per heavy atom. The van der Waals surface area contributed by atoms with Gasteiger partial charge in [-0.05, 0) is 36.9 Å². The monoisotopic (exact) mass is 463 g/mol. The molecule has 2 heterocycles. The summed E-state index contributed by atoms with van der Waals surface area (Å²) in [4.78, 5) is 3.65. The highest BCUT2D eigenvalue weighted by atomic mass is 32.2. The van der Waals surface area contributed by atoms with E-state index < -0.39 is 22.4 Å². The Bertz CT molecular complexity index is 1260. The van der Waals surface area contributed by atoms with Crippen molar-refractivity contribution < 1.29 is 21.6 Å². The largest absolute Gasteiger partial charge is 0.336 e. The fourth-order valence-corrected chi connectivity index (χ4v) is 4.44. The van der Waals surface area contributed by atoms with Gasteiger partial charge in [-0.2, -0.15) is 8.78 Å². The molecule has 3 rings (SSSR count). The van der Waals surface area contributed by atoms with Crippen LogP contribution in [0.3, 0.4) is 0 Å². The van der Waals surface area contributed by atoms with Crippen LogP contribution in [0.25, 0.3) is 16.8 Å². The maximum absolute atomic E-state index is 14.5. The van der Waals surface area contributed by atoms with Crippen LogP contribution >= 0.6 is 0 Å². The molecule has 168 valence electrons. The van der Waals surface area contributed by atoms with Crippen molar-refractivity contribution in [1.82, 2.24) is 19.6 Å². The maximum atomic E-state index is 14.5. The minimum absolute atomic E-state index is 0.00700. The zero-order valence-corrected chi connectivity index (χ0v) is 17.7. The molecule has 32 heavy (non-hydrogen) atoms. The normalized spacial score (nSPS) is 12.2. The summed E-state index contributed by atoms with van der Waals surface area (Å²) in [6, 6.07) is 8.59. The van der Waals surface area contributed by atoms with Gasteiger partial charge in [0.2, 0.25) is 0 Å². The van der Waals surface area contributed by atoms with Gasteiger partial charge in [-0.3, -0.25) is 4.98 Å². The number of benzene rings is 1. The minimum atomic E-state index is -4.24. The summed E-state index contributed by atoms with van der Waals surface area (Å²) in [7, 11) is -2.54. The Morgan fingerprint density at radius 2 is 2.00 bits per heavy atom. The van der Waals surface area contributed by atoms with Crippen LogP contribution in [-0.4, -0.2) is 37.2 Å². The first-order valence-corrected chi connectivity index (χ1v) is 10.8. The second-order valence-corrected chi connectivity index (χ2v) is 8.48. The summed E-state index contributed by atoms with van der Waals surface area (Å²) in [6.45, 7) is -2.50. The molecule has 0 atom stereocenters. The van der Waals surface area contributed by atoms with Gasteiger partial charge in [0.1, 0.15) is 10.7 Å². The molecule has 2 aromatic heterocycles. The summed E-state index contributed by atoms with van der Waals surface area (Å²) in [5.74, 6) is -0.586. The molecule has 0 saturated heterocycles. The van der Waals surface area contributed by atoms with Crippen molar-refractivity contribution in [2.45, 2.75) is 18.0 Å². The van der Waals surface area contributed by atoms with Gasteiger partial charge in [-0.25, -0.2) is 16.8 Å². The van der Waals surface area contributed by atoms with Crippen molar-refractivity contribution >= 4 is 21.8 Å². The SMILES string of the molecule is CNCc1cc(-c2ccccc2F)n(S(=O)(=O)c2cncc(/C(C=N)=C/NC(F)F)c2)c1. The Kier molecular flexibility index (Phi) is 7.11. The molecule has 3 aromatic rings.